The summed E-state index contributed by atoms with van der Waals surface area (Å²) in [6.07, 6.45) is -0.108. The van der Waals surface area contributed by atoms with Crippen LogP contribution < -0.4 is 10.6 Å². The predicted octanol–water partition coefficient (Wildman–Crippen LogP) is 2.24. The van der Waals surface area contributed by atoms with Gasteiger partial charge in [-0.1, -0.05) is 27.7 Å². The highest BCUT2D eigenvalue weighted by molar-refractivity contribution is 5.95. The molecule has 0 saturated carbocycles. The molecule has 1 heterocycles. The van der Waals surface area contributed by atoms with Crippen molar-refractivity contribution in [2.75, 3.05) is 12.4 Å². The van der Waals surface area contributed by atoms with E-state index in [1.165, 1.54) is 7.11 Å². The molecule has 0 bridgehead atoms. The molecule has 0 aromatic carbocycles. The second-order valence-corrected chi connectivity index (χ2v) is 5.67. The van der Waals surface area contributed by atoms with Crippen LogP contribution in [0.3, 0.4) is 0 Å². The molecule has 7 nitrogen and oxygen atoms in total. The lowest BCUT2D eigenvalue weighted by Gasteiger charge is -2.18. The number of aromatic nitrogens is 2. The van der Waals surface area contributed by atoms with Crippen LogP contribution in [0.5, 0.6) is 0 Å². The van der Waals surface area contributed by atoms with Crippen LogP contribution in [0, 0.1) is 5.92 Å². The molecule has 0 radical (unpaired) electrons. The van der Waals surface area contributed by atoms with Gasteiger partial charge in [0.1, 0.15) is 6.04 Å². The molecule has 1 rings (SSSR count). The Labute approximate surface area is 124 Å². The molecule has 0 fully saturated rings. The number of rotatable bonds is 6. The monoisotopic (exact) mass is 296 g/mol. The van der Waals surface area contributed by atoms with Crippen molar-refractivity contribution in [3.63, 3.8) is 0 Å². The van der Waals surface area contributed by atoms with E-state index >= 15 is 0 Å². The Kier molecular flexibility index (Phi) is 6.20. The Hall–Kier alpha value is -2.05. The number of H-pyrrole nitrogens is 1. The van der Waals surface area contributed by atoms with E-state index in [1.807, 2.05) is 27.7 Å². The largest absolute Gasteiger partial charge is 0.453 e. The lowest BCUT2D eigenvalue weighted by molar-refractivity contribution is -0.118. The predicted molar refractivity (Wildman–Crippen MR) is 80.1 cm³/mol. The molecular weight excluding hydrogens is 272 g/mol. The number of carbonyl (C=O) groups excluding carboxylic acids is 2. The van der Waals surface area contributed by atoms with Crippen LogP contribution in [0.2, 0.25) is 0 Å². The molecule has 1 aromatic rings. The van der Waals surface area contributed by atoms with E-state index in [4.69, 9.17) is 0 Å². The summed E-state index contributed by atoms with van der Waals surface area (Å²) >= 11 is 0. The minimum Gasteiger partial charge on any atom is -0.453 e. The first-order valence-electron chi connectivity index (χ1n) is 7.04. The van der Waals surface area contributed by atoms with E-state index in [0.29, 0.717) is 18.2 Å². The molecule has 0 aliphatic rings. The highest BCUT2D eigenvalue weighted by atomic mass is 16.5. The highest BCUT2D eigenvalue weighted by Crippen LogP contribution is 2.15. The average Bonchev–Trinajstić information content (AvgIpc) is 2.85. The lowest BCUT2D eigenvalue weighted by atomic mass is 10.0. The van der Waals surface area contributed by atoms with Gasteiger partial charge in [-0.3, -0.25) is 9.89 Å². The molecule has 0 aliphatic carbocycles. The minimum atomic E-state index is -0.656. The topological polar surface area (TPSA) is 96.1 Å². The number of hydrogen-bond donors (Lipinski definition) is 3. The van der Waals surface area contributed by atoms with Gasteiger partial charge in [-0.15, -0.1) is 0 Å². The lowest BCUT2D eigenvalue weighted by Crippen LogP contribution is -2.44. The maximum atomic E-state index is 12.2. The summed E-state index contributed by atoms with van der Waals surface area (Å²) in [6.45, 7) is 8.01. The number of ether oxygens (including phenoxy) is 1. The van der Waals surface area contributed by atoms with Gasteiger partial charge < -0.3 is 15.4 Å². The molecule has 0 aliphatic heterocycles. The van der Waals surface area contributed by atoms with E-state index in [1.54, 1.807) is 6.07 Å². The molecule has 1 aromatic heterocycles. The minimum absolute atomic E-state index is 0.253. The molecule has 118 valence electrons. The third-order valence-corrected chi connectivity index (χ3v) is 2.97. The van der Waals surface area contributed by atoms with E-state index < -0.39 is 12.1 Å². The summed E-state index contributed by atoms with van der Waals surface area (Å²) in [7, 11) is 1.27. The van der Waals surface area contributed by atoms with Gasteiger partial charge in [0.25, 0.3) is 0 Å². The summed E-state index contributed by atoms with van der Waals surface area (Å²) in [5, 5.41) is 12.1. The van der Waals surface area contributed by atoms with Crippen molar-refractivity contribution in [3.8, 4) is 0 Å². The van der Waals surface area contributed by atoms with Gasteiger partial charge in [-0.25, -0.2) is 4.79 Å². The molecule has 7 heteroatoms. The van der Waals surface area contributed by atoms with Crippen LogP contribution in [0.4, 0.5) is 10.6 Å². The second-order valence-electron chi connectivity index (χ2n) is 5.67. The van der Waals surface area contributed by atoms with E-state index in [9.17, 15) is 9.59 Å². The summed E-state index contributed by atoms with van der Waals surface area (Å²) in [6, 6.07) is 1.13. The molecule has 2 amide bonds. The normalized spacial score (nSPS) is 12.3. The van der Waals surface area contributed by atoms with Crippen LogP contribution in [0.15, 0.2) is 6.07 Å². The van der Waals surface area contributed by atoms with Crippen LogP contribution in [-0.2, 0) is 9.53 Å². The maximum absolute atomic E-state index is 12.2. The zero-order valence-electron chi connectivity index (χ0n) is 13.2. The fraction of sp³-hybridized carbons (Fsp3) is 0.643. The Morgan fingerprint density at radius 2 is 2.00 bits per heavy atom. The first-order valence-corrected chi connectivity index (χ1v) is 7.04. The third-order valence-electron chi connectivity index (χ3n) is 2.97. The average molecular weight is 296 g/mol. The molecular formula is C14H24N4O3. The van der Waals surface area contributed by atoms with Crippen molar-refractivity contribution in [1.29, 1.82) is 0 Å². The number of hydrogen-bond acceptors (Lipinski definition) is 4. The van der Waals surface area contributed by atoms with Crippen molar-refractivity contribution in [2.45, 2.75) is 46.1 Å². The summed E-state index contributed by atoms with van der Waals surface area (Å²) < 4.78 is 4.55. The van der Waals surface area contributed by atoms with Crippen LogP contribution >= 0.6 is 0 Å². The zero-order valence-corrected chi connectivity index (χ0v) is 13.2. The first kappa shape index (κ1) is 17.0. The Morgan fingerprint density at radius 3 is 2.48 bits per heavy atom. The van der Waals surface area contributed by atoms with E-state index in [-0.39, 0.29) is 11.8 Å². The van der Waals surface area contributed by atoms with Gasteiger partial charge in [-0.2, -0.15) is 5.10 Å². The van der Waals surface area contributed by atoms with Crippen molar-refractivity contribution < 1.29 is 14.3 Å². The number of anilines is 1. The molecule has 1 atom stereocenters. The van der Waals surface area contributed by atoms with Crippen molar-refractivity contribution in [3.05, 3.63) is 11.8 Å². The standard InChI is InChI=1S/C14H24N4O3/c1-8(2)6-11(15-14(20)21-5)13(19)16-12-7-10(9(3)4)17-18-12/h7-9,11H,6H2,1-5H3,(H,15,20)(H2,16,17,18,19)/t11-/m0/s1. The fourth-order valence-electron chi connectivity index (χ4n) is 1.81. The van der Waals surface area contributed by atoms with E-state index in [2.05, 4.69) is 25.6 Å². The smallest absolute Gasteiger partial charge is 0.407 e. The number of aromatic amines is 1. The maximum Gasteiger partial charge on any atom is 0.407 e. The van der Waals surface area contributed by atoms with Gasteiger partial charge in [0.05, 0.1) is 7.11 Å². The van der Waals surface area contributed by atoms with Gasteiger partial charge in [-0.05, 0) is 18.3 Å². The zero-order chi connectivity index (χ0) is 16.0. The van der Waals surface area contributed by atoms with Crippen molar-refractivity contribution >= 4 is 17.8 Å². The molecule has 21 heavy (non-hydrogen) atoms. The number of nitrogens with one attached hydrogen (secondary N) is 3. The van der Waals surface area contributed by atoms with Gasteiger partial charge in [0.2, 0.25) is 5.91 Å². The Bertz CT molecular complexity index is 482. The number of methoxy groups -OCH3 is 1. The summed E-state index contributed by atoms with van der Waals surface area (Å²) in [4.78, 5) is 23.6. The Morgan fingerprint density at radius 1 is 1.33 bits per heavy atom. The summed E-state index contributed by atoms with van der Waals surface area (Å²) in [5.74, 6) is 0.686. The van der Waals surface area contributed by atoms with Crippen LogP contribution in [0.1, 0.15) is 45.7 Å². The summed E-state index contributed by atoms with van der Waals surface area (Å²) in [5.41, 5.74) is 0.937. The van der Waals surface area contributed by atoms with Crippen molar-refractivity contribution in [1.82, 2.24) is 15.5 Å². The number of alkyl carbamates (subject to hydrolysis) is 1. The van der Waals surface area contributed by atoms with Gasteiger partial charge >= 0.3 is 6.09 Å². The highest BCUT2D eigenvalue weighted by Gasteiger charge is 2.23. The third kappa shape index (κ3) is 5.45. The van der Waals surface area contributed by atoms with E-state index in [0.717, 1.165) is 5.69 Å². The van der Waals surface area contributed by atoms with Gasteiger partial charge in [0.15, 0.2) is 5.82 Å². The molecule has 0 saturated heterocycles. The number of carbonyl (C=O) groups is 2. The van der Waals surface area contributed by atoms with Crippen molar-refractivity contribution in [2.24, 2.45) is 5.92 Å². The molecule has 0 spiro atoms. The second kappa shape index (κ2) is 7.66. The quantitative estimate of drug-likeness (QED) is 0.750. The fourth-order valence-corrected chi connectivity index (χ4v) is 1.81. The van der Waals surface area contributed by atoms with Crippen LogP contribution in [-0.4, -0.2) is 35.3 Å². The molecule has 0 unspecified atom stereocenters. The number of nitrogens with zero attached hydrogens (tertiary/aromatic N) is 1. The van der Waals surface area contributed by atoms with Gasteiger partial charge in [0, 0.05) is 11.8 Å². The first-order chi connectivity index (χ1) is 9.83. The SMILES string of the molecule is COC(=O)N[C@@H](CC(C)C)C(=O)Nc1cc(C(C)C)[nH]n1. The van der Waals surface area contributed by atoms with Crippen LogP contribution in [0.25, 0.3) is 0 Å². The molecule has 3 N–H and O–H groups in total. The number of amides is 2. The Balaban J connectivity index is 2.72.